The SMILES string of the molecule is [C-]#[N+]c1ccc2c(c1)[C@@H](C)CCC2. The summed E-state index contributed by atoms with van der Waals surface area (Å²) in [7, 11) is 0. The van der Waals surface area contributed by atoms with Gasteiger partial charge < -0.3 is 0 Å². The van der Waals surface area contributed by atoms with Gasteiger partial charge in [0.1, 0.15) is 0 Å². The summed E-state index contributed by atoms with van der Waals surface area (Å²) in [4.78, 5) is 3.46. The molecular formula is C12H13N. The summed E-state index contributed by atoms with van der Waals surface area (Å²) >= 11 is 0. The third-order valence-corrected chi connectivity index (χ3v) is 2.87. The summed E-state index contributed by atoms with van der Waals surface area (Å²) in [6.45, 7) is 9.21. The van der Waals surface area contributed by atoms with E-state index in [0.29, 0.717) is 5.92 Å². The Labute approximate surface area is 79.2 Å². The molecule has 0 aliphatic heterocycles. The molecule has 0 radical (unpaired) electrons. The van der Waals surface area contributed by atoms with Gasteiger partial charge in [0.25, 0.3) is 0 Å². The largest absolute Gasteiger partial charge is 0.238 e. The zero-order chi connectivity index (χ0) is 9.26. The standard InChI is InChI=1S/C12H13N/c1-9-4-3-5-10-6-7-11(13-2)8-12(9)10/h6-9H,3-5H2,1H3/t9-/m0/s1. The summed E-state index contributed by atoms with van der Waals surface area (Å²) in [5.41, 5.74) is 3.64. The Hall–Kier alpha value is -1.29. The lowest BCUT2D eigenvalue weighted by Crippen LogP contribution is -2.06. The Morgan fingerprint density at radius 2 is 2.31 bits per heavy atom. The van der Waals surface area contributed by atoms with Crippen LogP contribution in [0.5, 0.6) is 0 Å². The maximum absolute atomic E-state index is 6.95. The average molecular weight is 171 g/mol. The first-order valence-electron chi connectivity index (χ1n) is 4.81. The highest BCUT2D eigenvalue weighted by molar-refractivity contribution is 5.51. The minimum atomic E-state index is 0.644. The lowest BCUT2D eigenvalue weighted by atomic mass is 9.84. The van der Waals surface area contributed by atoms with E-state index in [1.54, 1.807) is 0 Å². The molecule has 0 aromatic heterocycles. The molecule has 1 heteroatoms. The highest BCUT2D eigenvalue weighted by Crippen LogP contribution is 2.33. The summed E-state index contributed by atoms with van der Waals surface area (Å²) in [6.07, 6.45) is 3.76. The molecule has 0 spiro atoms. The Balaban J connectivity index is 2.48. The minimum Gasteiger partial charge on any atom is -0.238 e. The second-order valence-corrected chi connectivity index (χ2v) is 3.79. The summed E-state index contributed by atoms with van der Waals surface area (Å²) in [5.74, 6) is 0.644. The van der Waals surface area contributed by atoms with Crippen molar-refractivity contribution in [3.63, 3.8) is 0 Å². The summed E-state index contributed by atoms with van der Waals surface area (Å²) < 4.78 is 0. The first-order chi connectivity index (χ1) is 6.31. The molecule has 0 heterocycles. The fourth-order valence-electron chi connectivity index (χ4n) is 2.09. The van der Waals surface area contributed by atoms with E-state index in [0.717, 1.165) is 5.69 Å². The van der Waals surface area contributed by atoms with Gasteiger partial charge in [0.2, 0.25) is 0 Å². The van der Waals surface area contributed by atoms with E-state index in [1.165, 1.54) is 30.4 Å². The zero-order valence-electron chi connectivity index (χ0n) is 7.88. The van der Waals surface area contributed by atoms with Gasteiger partial charge in [-0.05, 0) is 30.7 Å². The molecule has 0 unspecified atom stereocenters. The number of aryl methyl sites for hydroxylation is 1. The van der Waals surface area contributed by atoms with E-state index in [-0.39, 0.29) is 0 Å². The first kappa shape index (κ1) is 8.31. The second-order valence-electron chi connectivity index (χ2n) is 3.79. The van der Waals surface area contributed by atoms with Gasteiger partial charge in [-0.25, -0.2) is 4.85 Å². The fourth-order valence-corrected chi connectivity index (χ4v) is 2.09. The van der Waals surface area contributed by atoms with Crippen molar-refractivity contribution in [2.75, 3.05) is 0 Å². The molecule has 1 aromatic rings. The van der Waals surface area contributed by atoms with E-state index in [2.05, 4.69) is 23.9 Å². The van der Waals surface area contributed by atoms with Crippen LogP contribution in [0.2, 0.25) is 0 Å². The monoisotopic (exact) mass is 171 g/mol. The van der Waals surface area contributed by atoms with Crippen molar-refractivity contribution < 1.29 is 0 Å². The van der Waals surface area contributed by atoms with Gasteiger partial charge in [-0.1, -0.05) is 30.7 Å². The van der Waals surface area contributed by atoms with Crippen molar-refractivity contribution in [2.45, 2.75) is 32.1 Å². The van der Waals surface area contributed by atoms with Gasteiger partial charge in [0.15, 0.2) is 5.69 Å². The van der Waals surface area contributed by atoms with Gasteiger partial charge in [0.05, 0.1) is 6.57 Å². The van der Waals surface area contributed by atoms with Crippen molar-refractivity contribution >= 4 is 5.69 Å². The van der Waals surface area contributed by atoms with Gasteiger partial charge in [-0.15, -0.1) is 0 Å². The van der Waals surface area contributed by atoms with E-state index < -0.39 is 0 Å². The zero-order valence-corrected chi connectivity index (χ0v) is 7.88. The molecule has 0 N–H and O–H groups in total. The molecule has 0 saturated heterocycles. The number of rotatable bonds is 0. The smallest absolute Gasteiger partial charge is 0.187 e. The normalized spacial score (nSPS) is 20.5. The number of hydrogen-bond donors (Lipinski definition) is 0. The molecule has 1 atom stereocenters. The summed E-state index contributed by atoms with van der Waals surface area (Å²) in [6, 6.07) is 6.12. The van der Waals surface area contributed by atoms with Crippen molar-refractivity contribution in [1.29, 1.82) is 0 Å². The van der Waals surface area contributed by atoms with Gasteiger partial charge in [0, 0.05) is 0 Å². The fraction of sp³-hybridized carbons (Fsp3) is 0.417. The molecule has 1 nitrogen and oxygen atoms in total. The Bertz CT molecular complexity index is 360. The molecule has 1 aliphatic rings. The van der Waals surface area contributed by atoms with Crippen molar-refractivity contribution in [3.8, 4) is 0 Å². The second kappa shape index (κ2) is 3.22. The maximum atomic E-state index is 6.95. The molecule has 1 aliphatic carbocycles. The highest BCUT2D eigenvalue weighted by Gasteiger charge is 2.15. The number of nitrogens with zero attached hydrogens (tertiary/aromatic N) is 1. The average Bonchev–Trinajstić information content (AvgIpc) is 2.18. The number of benzene rings is 1. The Morgan fingerprint density at radius 1 is 1.46 bits per heavy atom. The van der Waals surface area contributed by atoms with Gasteiger partial charge in [-0.2, -0.15) is 0 Å². The minimum absolute atomic E-state index is 0.644. The van der Waals surface area contributed by atoms with E-state index in [1.807, 2.05) is 6.07 Å². The third kappa shape index (κ3) is 1.45. The van der Waals surface area contributed by atoms with Crippen LogP contribution >= 0.6 is 0 Å². The molecule has 0 amide bonds. The van der Waals surface area contributed by atoms with E-state index >= 15 is 0 Å². The van der Waals surface area contributed by atoms with Crippen LogP contribution in [0.25, 0.3) is 4.85 Å². The molecule has 1 aromatic carbocycles. The topological polar surface area (TPSA) is 4.36 Å². The Morgan fingerprint density at radius 3 is 3.08 bits per heavy atom. The van der Waals surface area contributed by atoms with Crippen molar-refractivity contribution in [1.82, 2.24) is 0 Å². The molecule has 0 fully saturated rings. The highest BCUT2D eigenvalue weighted by atomic mass is 14.6. The van der Waals surface area contributed by atoms with Crippen LogP contribution in [-0.2, 0) is 6.42 Å². The van der Waals surface area contributed by atoms with Crippen LogP contribution in [0.4, 0.5) is 5.69 Å². The molecular weight excluding hydrogens is 158 g/mol. The van der Waals surface area contributed by atoms with Crippen LogP contribution in [0.15, 0.2) is 18.2 Å². The predicted molar refractivity (Wildman–Crippen MR) is 54.1 cm³/mol. The van der Waals surface area contributed by atoms with E-state index in [4.69, 9.17) is 6.57 Å². The Kier molecular flexibility index (Phi) is 2.06. The number of hydrogen-bond acceptors (Lipinski definition) is 0. The van der Waals surface area contributed by atoms with Crippen molar-refractivity contribution in [3.05, 3.63) is 40.7 Å². The quantitative estimate of drug-likeness (QED) is 0.524. The van der Waals surface area contributed by atoms with Gasteiger partial charge >= 0.3 is 0 Å². The first-order valence-corrected chi connectivity index (χ1v) is 4.81. The molecule has 0 bridgehead atoms. The molecule has 13 heavy (non-hydrogen) atoms. The van der Waals surface area contributed by atoms with Gasteiger partial charge in [-0.3, -0.25) is 0 Å². The lowest BCUT2D eigenvalue weighted by molar-refractivity contribution is 0.590. The van der Waals surface area contributed by atoms with Crippen LogP contribution in [0, 0.1) is 6.57 Å². The van der Waals surface area contributed by atoms with Crippen LogP contribution in [0.3, 0.4) is 0 Å². The maximum Gasteiger partial charge on any atom is 0.187 e. The summed E-state index contributed by atoms with van der Waals surface area (Å²) in [5, 5.41) is 0. The van der Waals surface area contributed by atoms with E-state index in [9.17, 15) is 0 Å². The van der Waals surface area contributed by atoms with Crippen LogP contribution in [0.1, 0.15) is 36.8 Å². The van der Waals surface area contributed by atoms with Crippen molar-refractivity contribution in [2.24, 2.45) is 0 Å². The van der Waals surface area contributed by atoms with Crippen LogP contribution in [-0.4, -0.2) is 0 Å². The van der Waals surface area contributed by atoms with Crippen LogP contribution < -0.4 is 0 Å². The molecule has 66 valence electrons. The lowest BCUT2D eigenvalue weighted by Gasteiger charge is -2.22. The molecule has 0 saturated carbocycles. The predicted octanol–water partition coefficient (Wildman–Crippen LogP) is 3.68. The third-order valence-electron chi connectivity index (χ3n) is 2.87. The number of fused-ring (bicyclic) bond motifs is 1. The molecule has 2 rings (SSSR count).